The number of hydrogen-bond acceptors (Lipinski definition) is 4. The summed E-state index contributed by atoms with van der Waals surface area (Å²) in [5, 5.41) is 2.28. The Morgan fingerprint density at radius 1 is 1.33 bits per heavy atom. The van der Waals surface area contributed by atoms with Crippen molar-refractivity contribution in [3.8, 4) is 0 Å². The van der Waals surface area contributed by atoms with Gasteiger partial charge in [0.25, 0.3) is 10.1 Å². The summed E-state index contributed by atoms with van der Waals surface area (Å²) in [7, 11) is -4.43. The molecule has 0 spiro atoms. The number of amides is 1. The second-order valence-corrected chi connectivity index (χ2v) is 5.29. The predicted octanol–water partition coefficient (Wildman–Crippen LogP) is 1.16. The normalized spacial score (nSPS) is 11.1. The number of nitrogens with one attached hydrogen (secondary N) is 1. The summed E-state index contributed by atoms with van der Waals surface area (Å²) in [6.45, 7) is 2.90. The lowest BCUT2D eigenvalue weighted by Crippen LogP contribution is -2.17. The Morgan fingerprint density at radius 2 is 1.94 bits per heavy atom. The number of Topliss-reactive ketones (excluding diaryl/α,β-unsaturated/α-hetero) is 1. The highest BCUT2D eigenvalue weighted by Gasteiger charge is 2.17. The van der Waals surface area contributed by atoms with Crippen molar-refractivity contribution in [1.82, 2.24) is 0 Å². The van der Waals surface area contributed by atoms with Crippen molar-refractivity contribution in [3.05, 3.63) is 23.8 Å². The van der Waals surface area contributed by atoms with E-state index in [-0.39, 0.29) is 22.8 Å². The van der Waals surface area contributed by atoms with Gasteiger partial charge in [-0.05, 0) is 31.5 Å². The van der Waals surface area contributed by atoms with Crippen LogP contribution in [0, 0.1) is 6.92 Å². The first-order valence-corrected chi connectivity index (χ1v) is 6.51. The molecule has 0 radical (unpaired) electrons. The Morgan fingerprint density at radius 3 is 2.44 bits per heavy atom. The minimum atomic E-state index is -4.43. The Hall–Kier alpha value is -1.73. The maximum Gasteiger partial charge on any atom is 0.296 e. The zero-order valence-electron chi connectivity index (χ0n) is 9.93. The molecule has 18 heavy (non-hydrogen) atoms. The lowest BCUT2D eigenvalue weighted by molar-refractivity contribution is -0.124. The first kappa shape index (κ1) is 14.3. The van der Waals surface area contributed by atoms with Gasteiger partial charge in [0, 0.05) is 0 Å². The largest absolute Gasteiger partial charge is 0.324 e. The Kier molecular flexibility index (Phi) is 4.20. The van der Waals surface area contributed by atoms with E-state index in [4.69, 9.17) is 4.55 Å². The average molecular weight is 271 g/mol. The van der Waals surface area contributed by atoms with Gasteiger partial charge < -0.3 is 5.32 Å². The molecule has 1 rings (SSSR count). The first-order valence-electron chi connectivity index (χ1n) is 5.07. The van der Waals surface area contributed by atoms with Gasteiger partial charge in [-0.25, -0.2) is 0 Å². The van der Waals surface area contributed by atoms with Gasteiger partial charge >= 0.3 is 0 Å². The van der Waals surface area contributed by atoms with Gasteiger partial charge in [0.1, 0.15) is 10.7 Å². The molecule has 2 N–H and O–H groups in total. The summed E-state index contributed by atoms with van der Waals surface area (Å²) in [4.78, 5) is 21.7. The Bertz CT molecular complexity index is 591. The van der Waals surface area contributed by atoms with Gasteiger partial charge in [0.05, 0.1) is 12.1 Å². The van der Waals surface area contributed by atoms with E-state index >= 15 is 0 Å². The van der Waals surface area contributed by atoms with E-state index in [2.05, 4.69) is 5.32 Å². The van der Waals surface area contributed by atoms with Crippen molar-refractivity contribution in [1.29, 1.82) is 0 Å². The van der Waals surface area contributed by atoms with E-state index in [1.807, 2.05) is 0 Å². The monoisotopic (exact) mass is 271 g/mol. The molecule has 0 atom stereocenters. The summed E-state index contributed by atoms with van der Waals surface area (Å²) in [5.74, 6) is -0.968. The Balaban J connectivity index is 3.10. The van der Waals surface area contributed by atoms with Crippen molar-refractivity contribution in [2.45, 2.75) is 25.2 Å². The molecule has 0 saturated carbocycles. The van der Waals surface area contributed by atoms with Gasteiger partial charge in [-0.3, -0.25) is 14.1 Å². The van der Waals surface area contributed by atoms with Crippen molar-refractivity contribution >= 4 is 27.5 Å². The number of ketones is 1. The number of benzene rings is 1. The fourth-order valence-corrected chi connectivity index (χ4v) is 2.10. The zero-order chi connectivity index (χ0) is 13.9. The highest BCUT2D eigenvalue weighted by Crippen LogP contribution is 2.22. The summed E-state index contributed by atoms with van der Waals surface area (Å²) in [6.07, 6.45) is -0.348. The third kappa shape index (κ3) is 3.94. The molecule has 0 aliphatic rings. The van der Waals surface area contributed by atoms with E-state index in [0.717, 1.165) is 0 Å². The van der Waals surface area contributed by atoms with Crippen LogP contribution in [0.15, 0.2) is 23.1 Å². The van der Waals surface area contributed by atoms with E-state index in [9.17, 15) is 18.0 Å². The molecule has 0 unspecified atom stereocenters. The zero-order valence-corrected chi connectivity index (χ0v) is 10.7. The lowest BCUT2D eigenvalue weighted by Gasteiger charge is -2.09. The SMILES string of the molecule is CC(=O)CC(=O)Nc1ccc(C)cc1S(=O)(=O)O. The minimum Gasteiger partial charge on any atom is -0.324 e. The van der Waals surface area contributed by atoms with Gasteiger partial charge in [-0.2, -0.15) is 8.42 Å². The van der Waals surface area contributed by atoms with Crippen LogP contribution in [0.3, 0.4) is 0 Å². The number of carbonyl (C=O) groups excluding carboxylic acids is 2. The van der Waals surface area contributed by atoms with Crippen LogP contribution in [0.1, 0.15) is 18.9 Å². The maximum absolute atomic E-state index is 11.4. The average Bonchev–Trinajstić information content (AvgIpc) is 2.17. The number of aryl methyl sites for hydroxylation is 1. The quantitative estimate of drug-likeness (QED) is 0.632. The predicted molar refractivity (Wildman–Crippen MR) is 64.9 cm³/mol. The van der Waals surface area contributed by atoms with Gasteiger partial charge in [-0.1, -0.05) is 6.07 Å². The van der Waals surface area contributed by atoms with Crippen molar-refractivity contribution in [2.24, 2.45) is 0 Å². The molecule has 0 saturated heterocycles. The highest BCUT2D eigenvalue weighted by molar-refractivity contribution is 7.86. The van der Waals surface area contributed by atoms with Gasteiger partial charge in [-0.15, -0.1) is 0 Å². The first-order chi connectivity index (χ1) is 8.20. The summed E-state index contributed by atoms with van der Waals surface area (Å²) >= 11 is 0. The van der Waals surface area contributed by atoms with Crippen LogP contribution in [0.25, 0.3) is 0 Å². The summed E-state index contributed by atoms with van der Waals surface area (Å²) in [5.41, 5.74) is 0.571. The minimum absolute atomic E-state index is 0.0469. The van der Waals surface area contributed by atoms with Gasteiger partial charge in [0.2, 0.25) is 5.91 Å². The molecule has 0 aliphatic heterocycles. The number of rotatable bonds is 4. The maximum atomic E-state index is 11.4. The molecule has 98 valence electrons. The van der Waals surface area contributed by atoms with E-state index in [1.54, 1.807) is 13.0 Å². The van der Waals surface area contributed by atoms with E-state index < -0.39 is 16.0 Å². The molecule has 1 aromatic carbocycles. The third-order valence-corrected chi connectivity index (χ3v) is 2.99. The van der Waals surface area contributed by atoms with Crippen LogP contribution in [0.5, 0.6) is 0 Å². The molecule has 0 fully saturated rings. The highest BCUT2D eigenvalue weighted by atomic mass is 32.2. The van der Waals surface area contributed by atoms with Crippen LogP contribution in [0.4, 0.5) is 5.69 Å². The van der Waals surface area contributed by atoms with Crippen LogP contribution in [-0.4, -0.2) is 24.7 Å². The number of carbonyl (C=O) groups is 2. The molecule has 1 amide bonds. The molecule has 0 aromatic heterocycles. The van der Waals surface area contributed by atoms with Crippen LogP contribution < -0.4 is 5.32 Å². The van der Waals surface area contributed by atoms with Crippen LogP contribution in [-0.2, 0) is 19.7 Å². The standard InChI is InChI=1S/C11H13NO5S/c1-7-3-4-9(10(5-7)18(15,16)17)12-11(14)6-8(2)13/h3-5H,6H2,1-2H3,(H,12,14)(H,15,16,17). The molecule has 0 aliphatic carbocycles. The van der Waals surface area contributed by atoms with Gasteiger partial charge in [0.15, 0.2) is 0 Å². The van der Waals surface area contributed by atoms with Crippen molar-refractivity contribution in [3.63, 3.8) is 0 Å². The molecule has 0 heterocycles. The second-order valence-electron chi connectivity index (χ2n) is 3.90. The van der Waals surface area contributed by atoms with E-state index in [0.29, 0.717) is 5.56 Å². The van der Waals surface area contributed by atoms with Crippen LogP contribution >= 0.6 is 0 Å². The molecular weight excluding hydrogens is 258 g/mol. The van der Waals surface area contributed by atoms with E-state index in [1.165, 1.54) is 19.1 Å². The molecule has 6 nitrogen and oxygen atoms in total. The third-order valence-electron chi connectivity index (χ3n) is 2.10. The fraction of sp³-hybridized carbons (Fsp3) is 0.273. The van der Waals surface area contributed by atoms with Crippen molar-refractivity contribution in [2.75, 3.05) is 5.32 Å². The van der Waals surface area contributed by atoms with Crippen molar-refractivity contribution < 1.29 is 22.6 Å². The van der Waals surface area contributed by atoms with Crippen LogP contribution in [0.2, 0.25) is 0 Å². The Labute approximate surface area is 105 Å². The second kappa shape index (κ2) is 5.28. The number of hydrogen-bond donors (Lipinski definition) is 2. The molecule has 1 aromatic rings. The molecule has 0 bridgehead atoms. The molecule has 7 heteroatoms. The lowest BCUT2D eigenvalue weighted by atomic mass is 10.2. The summed E-state index contributed by atoms with van der Waals surface area (Å²) < 4.78 is 31.3. The summed E-state index contributed by atoms with van der Waals surface area (Å²) in [6, 6.07) is 4.17. The molecular formula is C11H13NO5S. The smallest absolute Gasteiger partial charge is 0.296 e. The topological polar surface area (TPSA) is 101 Å². The fourth-order valence-electron chi connectivity index (χ4n) is 1.37. The number of anilines is 1.